The summed E-state index contributed by atoms with van der Waals surface area (Å²) in [6, 6.07) is 0. The summed E-state index contributed by atoms with van der Waals surface area (Å²) >= 11 is 1.85. The highest BCUT2D eigenvalue weighted by Gasteiger charge is 1.97. The number of hydrogen-bond acceptors (Lipinski definition) is 2. The summed E-state index contributed by atoms with van der Waals surface area (Å²) in [7, 11) is 0. The molecule has 0 radical (unpaired) electrons. The van der Waals surface area contributed by atoms with Crippen molar-refractivity contribution in [2.45, 2.75) is 34.6 Å². The van der Waals surface area contributed by atoms with Gasteiger partial charge in [-0.25, -0.2) is 0 Å². The van der Waals surface area contributed by atoms with Crippen molar-refractivity contribution >= 4 is 16.8 Å². The first-order valence-electron chi connectivity index (χ1n) is 4.03. The molecule has 0 fully saturated rings. The van der Waals surface area contributed by atoms with Crippen LogP contribution in [0.15, 0.2) is 4.99 Å². The molecular weight excluding hydrogens is 142 g/mol. The van der Waals surface area contributed by atoms with Gasteiger partial charge in [0, 0.05) is 12.3 Å². The molecule has 0 aromatic heterocycles. The van der Waals surface area contributed by atoms with E-state index in [9.17, 15) is 0 Å². The van der Waals surface area contributed by atoms with Crippen LogP contribution in [0, 0.1) is 0 Å². The monoisotopic (exact) mass is 161 g/mol. The summed E-state index contributed by atoms with van der Waals surface area (Å²) in [5, 5.41) is 1.25. The van der Waals surface area contributed by atoms with Crippen molar-refractivity contribution in [3.8, 4) is 0 Å². The van der Waals surface area contributed by atoms with Gasteiger partial charge in [0.25, 0.3) is 0 Å². The molecule has 0 N–H and O–H groups in total. The van der Waals surface area contributed by atoms with Crippen LogP contribution in [-0.4, -0.2) is 17.3 Å². The van der Waals surface area contributed by atoms with Gasteiger partial charge in [-0.1, -0.05) is 27.7 Å². The first-order chi connectivity index (χ1) is 4.89. The minimum Gasteiger partial charge on any atom is -0.282 e. The zero-order chi connectivity index (χ0) is 8.41. The van der Waals surface area contributed by atoms with Crippen LogP contribution in [0.3, 0.4) is 0 Å². The van der Waals surface area contributed by atoms with Crippen LogP contribution < -0.4 is 0 Å². The lowest BCUT2D eigenvalue weighted by Crippen LogP contribution is -1.70. The van der Waals surface area contributed by atoms with Crippen LogP contribution >= 0.6 is 11.8 Å². The molecule has 10 heavy (non-hydrogen) atoms. The van der Waals surface area contributed by atoms with Crippen molar-refractivity contribution in [2.75, 3.05) is 12.3 Å². The number of thioether (sulfide) groups is 1. The Morgan fingerprint density at radius 3 is 1.80 bits per heavy atom. The van der Waals surface area contributed by atoms with Crippen molar-refractivity contribution < 1.29 is 0 Å². The Kier molecular flexibility index (Phi) is 14.9. The van der Waals surface area contributed by atoms with E-state index in [2.05, 4.69) is 11.9 Å². The lowest BCUT2D eigenvalue weighted by molar-refractivity contribution is 1.17. The maximum Gasteiger partial charge on any atom is 0.0645 e. The second-order valence-corrected chi connectivity index (χ2v) is 2.54. The molecule has 1 rings (SSSR count). The van der Waals surface area contributed by atoms with Crippen LogP contribution in [0.5, 0.6) is 0 Å². The van der Waals surface area contributed by atoms with Crippen molar-refractivity contribution in [1.82, 2.24) is 0 Å². The Morgan fingerprint density at radius 2 is 1.70 bits per heavy atom. The van der Waals surface area contributed by atoms with Gasteiger partial charge in [0.15, 0.2) is 0 Å². The third-order valence-corrected chi connectivity index (χ3v) is 1.67. The fourth-order valence-corrected chi connectivity index (χ4v) is 1.10. The van der Waals surface area contributed by atoms with Gasteiger partial charge < -0.3 is 0 Å². The lowest BCUT2D eigenvalue weighted by Gasteiger charge is -1.76. The molecular formula is C8H19NS. The largest absolute Gasteiger partial charge is 0.282 e. The zero-order valence-electron chi connectivity index (χ0n) is 7.77. The summed E-state index contributed by atoms with van der Waals surface area (Å²) in [6.45, 7) is 11.1. The maximum atomic E-state index is 4.12. The molecule has 0 saturated carbocycles. The zero-order valence-corrected chi connectivity index (χ0v) is 8.59. The molecule has 0 aliphatic carbocycles. The molecule has 62 valence electrons. The Hall–Kier alpha value is 0.0200. The standard InChI is InChI=1S/C4H7NS.2C2H6/c1-4-5-2-3-6-4;2*1-2/h2-3H2,1H3;2*1-2H3. The van der Waals surface area contributed by atoms with E-state index in [1.807, 2.05) is 39.5 Å². The van der Waals surface area contributed by atoms with Crippen LogP contribution in [0.2, 0.25) is 0 Å². The highest BCUT2D eigenvalue weighted by atomic mass is 32.2. The minimum absolute atomic E-state index is 1.04. The van der Waals surface area contributed by atoms with Crippen molar-refractivity contribution in [3.05, 3.63) is 0 Å². The number of hydrogen-bond donors (Lipinski definition) is 0. The first kappa shape index (κ1) is 12.7. The van der Waals surface area contributed by atoms with Gasteiger partial charge >= 0.3 is 0 Å². The fourth-order valence-electron chi connectivity index (χ4n) is 0.442. The normalized spacial score (nSPS) is 13.9. The molecule has 0 saturated heterocycles. The topological polar surface area (TPSA) is 12.4 Å². The van der Waals surface area contributed by atoms with Gasteiger partial charge in [-0.2, -0.15) is 0 Å². The second kappa shape index (κ2) is 11.8. The SMILES string of the molecule is CC.CC.CC1=NCCS1. The predicted molar refractivity (Wildman–Crippen MR) is 53.1 cm³/mol. The van der Waals surface area contributed by atoms with E-state index in [4.69, 9.17) is 0 Å². The van der Waals surface area contributed by atoms with E-state index < -0.39 is 0 Å². The average Bonchev–Trinajstić information content (AvgIpc) is 2.48. The summed E-state index contributed by atoms with van der Waals surface area (Å²) in [5.41, 5.74) is 0. The van der Waals surface area contributed by atoms with Crippen molar-refractivity contribution in [3.63, 3.8) is 0 Å². The molecule has 0 bridgehead atoms. The Bertz CT molecular complexity index is 79.3. The molecule has 0 spiro atoms. The van der Waals surface area contributed by atoms with Crippen LogP contribution in [0.25, 0.3) is 0 Å². The minimum atomic E-state index is 1.04. The number of nitrogens with zero attached hydrogens (tertiary/aromatic N) is 1. The molecule has 0 aromatic rings. The Balaban J connectivity index is 0. The lowest BCUT2D eigenvalue weighted by atomic mass is 10.8. The van der Waals surface area contributed by atoms with E-state index in [-0.39, 0.29) is 0 Å². The summed E-state index contributed by atoms with van der Waals surface area (Å²) in [5.74, 6) is 1.20. The highest BCUT2D eigenvalue weighted by Crippen LogP contribution is 2.09. The second-order valence-electron chi connectivity index (χ2n) is 1.25. The first-order valence-corrected chi connectivity index (χ1v) is 5.02. The van der Waals surface area contributed by atoms with Gasteiger partial charge in [-0.05, 0) is 6.92 Å². The summed E-state index contributed by atoms with van der Waals surface area (Å²) < 4.78 is 0. The average molecular weight is 161 g/mol. The quantitative estimate of drug-likeness (QED) is 0.531. The van der Waals surface area contributed by atoms with Crippen molar-refractivity contribution in [2.24, 2.45) is 4.99 Å². The third-order valence-electron chi connectivity index (χ3n) is 0.737. The van der Waals surface area contributed by atoms with Crippen LogP contribution in [-0.2, 0) is 0 Å². The molecule has 1 heterocycles. The van der Waals surface area contributed by atoms with Crippen molar-refractivity contribution in [1.29, 1.82) is 0 Å². The molecule has 0 atom stereocenters. The van der Waals surface area contributed by atoms with E-state index in [1.165, 1.54) is 10.8 Å². The molecule has 0 unspecified atom stereocenters. The van der Waals surface area contributed by atoms with E-state index in [1.54, 1.807) is 0 Å². The fraction of sp³-hybridized carbons (Fsp3) is 0.875. The molecule has 0 amide bonds. The van der Waals surface area contributed by atoms with E-state index >= 15 is 0 Å². The molecule has 1 aliphatic heterocycles. The van der Waals surface area contributed by atoms with Crippen LogP contribution in [0.4, 0.5) is 0 Å². The summed E-state index contributed by atoms with van der Waals surface area (Å²) in [6.07, 6.45) is 0. The number of aliphatic imine (C=N–C) groups is 1. The maximum absolute atomic E-state index is 4.12. The Labute approximate surface area is 69.3 Å². The number of rotatable bonds is 0. The highest BCUT2D eigenvalue weighted by molar-refractivity contribution is 8.14. The van der Waals surface area contributed by atoms with Crippen LogP contribution in [0.1, 0.15) is 34.6 Å². The predicted octanol–water partition coefficient (Wildman–Crippen LogP) is 3.20. The Morgan fingerprint density at radius 1 is 1.20 bits per heavy atom. The van der Waals surface area contributed by atoms with Gasteiger partial charge in [-0.3, -0.25) is 4.99 Å². The van der Waals surface area contributed by atoms with Gasteiger partial charge in [0.1, 0.15) is 0 Å². The van der Waals surface area contributed by atoms with E-state index in [0.29, 0.717) is 0 Å². The van der Waals surface area contributed by atoms with E-state index in [0.717, 1.165) is 6.54 Å². The summed E-state index contributed by atoms with van der Waals surface area (Å²) in [4.78, 5) is 4.12. The smallest absolute Gasteiger partial charge is 0.0645 e. The molecule has 1 nitrogen and oxygen atoms in total. The molecule has 2 heteroatoms. The molecule has 0 aromatic carbocycles. The van der Waals surface area contributed by atoms with Gasteiger partial charge in [-0.15, -0.1) is 11.8 Å². The molecule has 1 aliphatic rings. The van der Waals surface area contributed by atoms with Gasteiger partial charge in [0.05, 0.1) is 5.04 Å². The van der Waals surface area contributed by atoms with Gasteiger partial charge in [0.2, 0.25) is 0 Å². The third kappa shape index (κ3) is 8.02.